The molecule has 0 saturated carbocycles. The summed E-state index contributed by atoms with van der Waals surface area (Å²) in [7, 11) is 0. The van der Waals surface area contributed by atoms with Crippen LogP contribution in [-0.2, 0) is 4.79 Å². The molecule has 0 saturated heterocycles. The number of aromatic nitrogens is 7. The van der Waals surface area contributed by atoms with Gasteiger partial charge in [-0.3, -0.25) is 14.9 Å². The zero-order valence-corrected chi connectivity index (χ0v) is 19.9. The third-order valence-electron chi connectivity index (χ3n) is 5.91. The maximum absolute atomic E-state index is 16.0. The first-order valence-electron chi connectivity index (χ1n) is 11.6. The molecule has 0 bridgehead atoms. The minimum Gasteiger partial charge on any atom is -0.472 e. The highest BCUT2D eigenvalue weighted by atomic mass is 19.1. The Morgan fingerprint density at radius 1 is 1.11 bits per heavy atom. The number of H-pyrrole nitrogens is 2. The van der Waals surface area contributed by atoms with Crippen LogP contribution in [0.1, 0.15) is 20.3 Å². The maximum Gasteiger partial charge on any atom is 0.224 e. The lowest BCUT2D eigenvalue weighted by molar-refractivity contribution is -0.116. The second-order valence-electron chi connectivity index (χ2n) is 9.05. The topological polar surface area (TPSA) is 138 Å². The number of imidazole rings is 1. The van der Waals surface area contributed by atoms with Crippen molar-refractivity contribution in [2.75, 3.05) is 5.32 Å². The number of hydrogen-bond acceptors (Lipinski definition) is 7. The highest BCUT2D eigenvalue weighted by Gasteiger charge is 2.21. The summed E-state index contributed by atoms with van der Waals surface area (Å²) in [4.78, 5) is 32.9. The molecule has 0 radical (unpaired) electrons. The van der Waals surface area contributed by atoms with Gasteiger partial charge in [-0.2, -0.15) is 5.10 Å². The van der Waals surface area contributed by atoms with Crippen molar-refractivity contribution in [1.29, 1.82) is 0 Å². The van der Waals surface area contributed by atoms with Gasteiger partial charge in [0.2, 0.25) is 5.91 Å². The predicted octanol–water partition coefficient (Wildman–Crippen LogP) is 5.34. The van der Waals surface area contributed by atoms with E-state index in [-0.39, 0.29) is 28.4 Å². The van der Waals surface area contributed by atoms with E-state index >= 15 is 4.39 Å². The van der Waals surface area contributed by atoms with Crippen LogP contribution < -0.4 is 5.32 Å². The van der Waals surface area contributed by atoms with Crippen molar-refractivity contribution in [2.45, 2.75) is 20.3 Å². The lowest BCUT2D eigenvalue weighted by Gasteiger charge is -2.09. The summed E-state index contributed by atoms with van der Waals surface area (Å²) in [5.41, 5.74) is 4.57. The molecule has 0 atom stereocenters. The lowest BCUT2D eigenvalue weighted by Crippen LogP contribution is -2.14. The monoisotopic (exact) mass is 496 g/mol. The zero-order chi connectivity index (χ0) is 25.5. The van der Waals surface area contributed by atoms with Gasteiger partial charge in [-0.05, 0) is 24.1 Å². The summed E-state index contributed by atoms with van der Waals surface area (Å²) in [6.45, 7) is 3.92. The summed E-state index contributed by atoms with van der Waals surface area (Å²) < 4.78 is 21.2. The first-order valence-corrected chi connectivity index (χ1v) is 11.6. The standard InChI is InChI=1S/C26H21FN8O2/c1-13(2)7-19(36)31-16-8-15(9-28-10-16)18-11-30-24-20(21(18)27)23(34-35-24)26-32-22-17(14-4-6-37-12-14)3-5-29-25(22)33-26/h3-6,8-13H,7H2,1-2H3,(H,31,36)(H,29,32,33)(H,30,34,35). The van der Waals surface area contributed by atoms with Gasteiger partial charge in [0.15, 0.2) is 17.1 Å². The molecule has 1 amide bonds. The molecule has 6 heterocycles. The van der Waals surface area contributed by atoms with Gasteiger partial charge < -0.3 is 14.7 Å². The van der Waals surface area contributed by atoms with Crippen LogP contribution in [0, 0.1) is 11.7 Å². The van der Waals surface area contributed by atoms with Gasteiger partial charge in [-0.1, -0.05) is 13.8 Å². The number of carbonyl (C=O) groups excluding carboxylic acids is 1. The molecule has 11 heteroatoms. The van der Waals surface area contributed by atoms with Crippen molar-refractivity contribution in [2.24, 2.45) is 5.92 Å². The number of amides is 1. The number of rotatable bonds is 6. The number of halogens is 1. The van der Waals surface area contributed by atoms with E-state index in [0.717, 1.165) is 11.1 Å². The Kier molecular flexibility index (Phi) is 5.44. The van der Waals surface area contributed by atoms with E-state index in [1.807, 2.05) is 26.0 Å². The number of furan rings is 1. The molecule has 6 aromatic rings. The van der Waals surface area contributed by atoms with Crippen molar-refractivity contribution in [3.05, 3.63) is 61.3 Å². The molecule has 184 valence electrons. The molecule has 0 aliphatic rings. The van der Waals surface area contributed by atoms with E-state index < -0.39 is 5.82 Å². The van der Waals surface area contributed by atoms with Crippen molar-refractivity contribution in [1.82, 2.24) is 35.1 Å². The Hall–Kier alpha value is -4.93. The van der Waals surface area contributed by atoms with Gasteiger partial charge in [0.1, 0.15) is 11.5 Å². The van der Waals surface area contributed by atoms with Crippen LogP contribution >= 0.6 is 0 Å². The molecule has 0 spiro atoms. The Labute approximate surface area is 209 Å². The summed E-state index contributed by atoms with van der Waals surface area (Å²) in [6, 6.07) is 5.35. The number of hydrogen-bond donors (Lipinski definition) is 3. The largest absolute Gasteiger partial charge is 0.472 e. The number of carbonyl (C=O) groups is 1. The molecular formula is C26H21FN8O2. The number of fused-ring (bicyclic) bond motifs is 2. The summed E-state index contributed by atoms with van der Waals surface area (Å²) in [5.74, 6) is -0.0892. The van der Waals surface area contributed by atoms with E-state index in [1.54, 1.807) is 24.8 Å². The Bertz CT molecular complexity index is 1750. The smallest absolute Gasteiger partial charge is 0.224 e. The Morgan fingerprint density at radius 3 is 2.81 bits per heavy atom. The fourth-order valence-electron chi connectivity index (χ4n) is 4.25. The molecule has 6 aromatic heterocycles. The van der Waals surface area contributed by atoms with Crippen molar-refractivity contribution in [3.63, 3.8) is 0 Å². The minimum absolute atomic E-state index is 0.131. The van der Waals surface area contributed by atoms with Crippen LogP contribution in [0.25, 0.3) is 56.0 Å². The van der Waals surface area contributed by atoms with E-state index in [1.165, 1.54) is 18.6 Å². The first kappa shape index (κ1) is 22.5. The Morgan fingerprint density at radius 2 is 2.00 bits per heavy atom. The quantitative estimate of drug-likeness (QED) is 0.283. The average Bonchev–Trinajstić information content (AvgIpc) is 3.62. The lowest BCUT2D eigenvalue weighted by atomic mass is 10.1. The summed E-state index contributed by atoms with van der Waals surface area (Å²) in [5, 5.41) is 10.0. The van der Waals surface area contributed by atoms with Crippen LogP contribution in [0.2, 0.25) is 0 Å². The number of aromatic amines is 2. The van der Waals surface area contributed by atoms with E-state index in [2.05, 4.69) is 40.4 Å². The molecule has 0 aliphatic heterocycles. The second kappa shape index (κ2) is 8.94. The molecule has 37 heavy (non-hydrogen) atoms. The van der Waals surface area contributed by atoms with Crippen LogP contribution in [0.5, 0.6) is 0 Å². The fraction of sp³-hybridized carbons (Fsp3) is 0.154. The van der Waals surface area contributed by atoms with Crippen LogP contribution in [0.4, 0.5) is 10.1 Å². The van der Waals surface area contributed by atoms with E-state index in [0.29, 0.717) is 40.4 Å². The van der Waals surface area contributed by atoms with Gasteiger partial charge in [-0.25, -0.2) is 19.3 Å². The third kappa shape index (κ3) is 4.10. The number of pyridine rings is 3. The van der Waals surface area contributed by atoms with Gasteiger partial charge in [0.05, 0.1) is 35.3 Å². The molecule has 0 fully saturated rings. The Balaban J connectivity index is 1.42. The van der Waals surface area contributed by atoms with Crippen LogP contribution in [0.15, 0.2) is 59.9 Å². The molecule has 6 rings (SSSR count). The minimum atomic E-state index is -0.537. The van der Waals surface area contributed by atoms with Gasteiger partial charge in [0, 0.05) is 47.3 Å². The predicted molar refractivity (Wildman–Crippen MR) is 136 cm³/mol. The number of nitrogens with one attached hydrogen (secondary N) is 3. The highest BCUT2D eigenvalue weighted by molar-refractivity contribution is 5.97. The molecule has 0 aliphatic carbocycles. The van der Waals surface area contributed by atoms with Crippen molar-refractivity contribution < 1.29 is 13.6 Å². The summed E-state index contributed by atoms with van der Waals surface area (Å²) in [6.07, 6.45) is 9.68. The van der Waals surface area contributed by atoms with E-state index in [4.69, 9.17) is 4.42 Å². The van der Waals surface area contributed by atoms with E-state index in [9.17, 15) is 4.79 Å². The molecule has 0 unspecified atom stereocenters. The highest BCUT2D eigenvalue weighted by Crippen LogP contribution is 2.34. The maximum atomic E-state index is 16.0. The molecule has 0 aromatic carbocycles. The summed E-state index contributed by atoms with van der Waals surface area (Å²) >= 11 is 0. The van der Waals surface area contributed by atoms with Gasteiger partial charge in [-0.15, -0.1) is 0 Å². The third-order valence-corrected chi connectivity index (χ3v) is 5.91. The fourth-order valence-corrected chi connectivity index (χ4v) is 4.25. The van der Waals surface area contributed by atoms with Crippen LogP contribution in [0.3, 0.4) is 0 Å². The number of nitrogens with zero attached hydrogens (tertiary/aromatic N) is 5. The SMILES string of the molecule is CC(C)CC(=O)Nc1cncc(-c2cnc3n[nH]c(-c4nc5nccc(-c6ccoc6)c5[nH]4)c3c2F)c1. The first-order chi connectivity index (χ1) is 18.0. The molecule has 10 nitrogen and oxygen atoms in total. The zero-order valence-electron chi connectivity index (χ0n) is 19.9. The molecule has 3 N–H and O–H groups in total. The average molecular weight is 497 g/mol. The van der Waals surface area contributed by atoms with Gasteiger partial charge >= 0.3 is 0 Å². The second-order valence-corrected chi connectivity index (χ2v) is 9.05. The van der Waals surface area contributed by atoms with Gasteiger partial charge in [0.25, 0.3) is 0 Å². The van der Waals surface area contributed by atoms with Crippen LogP contribution in [-0.4, -0.2) is 41.0 Å². The normalized spacial score (nSPS) is 11.6. The van der Waals surface area contributed by atoms with Crippen molar-refractivity contribution in [3.8, 4) is 33.8 Å². The molecular weight excluding hydrogens is 475 g/mol. The number of anilines is 1. The van der Waals surface area contributed by atoms with Crippen molar-refractivity contribution >= 4 is 33.8 Å².